The Hall–Kier alpha value is -2.69. The Morgan fingerprint density at radius 1 is 1.20 bits per heavy atom. The number of benzene rings is 1. The number of nitrogens with zero attached hydrogens (tertiary/aromatic N) is 3. The molecule has 0 saturated carbocycles. The van der Waals surface area contributed by atoms with Gasteiger partial charge in [0.15, 0.2) is 11.5 Å². The van der Waals surface area contributed by atoms with E-state index in [4.69, 9.17) is 4.42 Å². The van der Waals surface area contributed by atoms with Crippen LogP contribution in [0.2, 0.25) is 0 Å². The molecule has 1 aromatic carbocycles. The minimum atomic E-state index is 0.181. The monoisotopic (exact) mass is 335 g/mol. The molecule has 1 fully saturated rings. The van der Waals surface area contributed by atoms with Crippen molar-refractivity contribution in [3.63, 3.8) is 0 Å². The maximum atomic E-state index is 12.6. The van der Waals surface area contributed by atoms with Crippen LogP contribution in [0.1, 0.15) is 36.8 Å². The predicted octanol–water partition coefficient (Wildman–Crippen LogP) is 3.56. The number of piperidine rings is 1. The SMILES string of the molecule is O=C(CCc1ccccn1)N1CCC[C@H](c2nc3ccccc3o2)C1. The summed E-state index contributed by atoms with van der Waals surface area (Å²) in [5, 5.41) is 0. The van der Waals surface area contributed by atoms with Gasteiger partial charge in [-0.05, 0) is 43.5 Å². The number of para-hydroxylation sites is 2. The van der Waals surface area contributed by atoms with Gasteiger partial charge in [0, 0.05) is 31.4 Å². The lowest BCUT2D eigenvalue weighted by atomic mass is 9.97. The van der Waals surface area contributed by atoms with E-state index in [1.54, 1.807) is 6.20 Å². The molecule has 1 saturated heterocycles. The Balaban J connectivity index is 1.41. The zero-order chi connectivity index (χ0) is 17.1. The molecule has 1 amide bonds. The highest BCUT2D eigenvalue weighted by atomic mass is 16.3. The van der Waals surface area contributed by atoms with Gasteiger partial charge in [0.05, 0.1) is 5.92 Å². The van der Waals surface area contributed by atoms with E-state index in [1.165, 1.54) is 0 Å². The number of aryl methyl sites for hydroxylation is 1. The standard InChI is InChI=1S/C20H21N3O2/c24-19(11-10-16-7-3-4-12-21-16)23-13-5-6-15(14-23)20-22-17-8-1-2-9-18(17)25-20/h1-4,7-9,12,15H,5-6,10-11,13-14H2/t15-/m0/s1. The van der Waals surface area contributed by atoms with Gasteiger partial charge in [-0.25, -0.2) is 4.98 Å². The van der Waals surface area contributed by atoms with Gasteiger partial charge in [-0.2, -0.15) is 0 Å². The van der Waals surface area contributed by atoms with Gasteiger partial charge >= 0.3 is 0 Å². The minimum Gasteiger partial charge on any atom is -0.440 e. The van der Waals surface area contributed by atoms with Crippen LogP contribution in [0.5, 0.6) is 0 Å². The van der Waals surface area contributed by atoms with E-state index in [-0.39, 0.29) is 11.8 Å². The molecule has 5 nitrogen and oxygen atoms in total. The fraction of sp³-hybridized carbons (Fsp3) is 0.350. The number of oxazole rings is 1. The Morgan fingerprint density at radius 3 is 2.92 bits per heavy atom. The molecule has 0 unspecified atom stereocenters. The molecule has 25 heavy (non-hydrogen) atoms. The second kappa shape index (κ2) is 7.05. The van der Waals surface area contributed by atoms with Crippen molar-refractivity contribution in [2.24, 2.45) is 0 Å². The maximum Gasteiger partial charge on any atom is 0.222 e. The van der Waals surface area contributed by atoms with Crippen LogP contribution in [-0.4, -0.2) is 33.9 Å². The Kier molecular flexibility index (Phi) is 4.46. The van der Waals surface area contributed by atoms with Crippen molar-refractivity contribution >= 4 is 17.0 Å². The third-order valence-corrected chi connectivity index (χ3v) is 4.75. The fourth-order valence-corrected chi connectivity index (χ4v) is 3.41. The van der Waals surface area contributed by atoms with Crippen LogP contribution in [0.25, 0.3) is 11.1 Å². The summed E-state index contributed by atoms with van der Waals surface area (Å²) in [6.45, 7) is 1.51. The van der Waals surface area contributed by atoms with Crippen molar-refractivity contribution in [1.82, 2.24) is 14.9 Å². The van der Waals surface area contributed by atoms with Gasteiger partial charge in [-0.1, -0.05) is 18.2 Å². The zero-order valence-electron chi connectivity index (χ0n) is 14.1. The van der Waals surface area contributed by atoms with Gasteiger partial charge in [0.25, 0.3) is 0 Å². The third-order valence-electron chi connectivity index (χ3n) is 4.75. The number of pyridine rings is 1. The first-order chi connectivity index (χ1) is 12.3. The summed E-state index contributed by atoms with van der Waals surface area (Å²) in [6.07, 6.45) is 4.94. The van der Waals surface area contributed by atoms with Crippen LogP contribution in [0, 0.1) is 0 Å². The predicted molar refractivity (Wildman–Crippen MR) is 95.1 cm³/mol. The highest BCUT2D eigenvalue weighted by Gasteiger charge is 2.27. The van der Waals surface area contributed by atoms with E-state index in [9.17, 15) is 4.79 Å². The first-order valence-electron chi connectivity index (χ1n) is 8.83. The Morgan fingerprint density at radius 2 is 2.08 bits per heavy atom. The van der Waals surface area contributed by atoms with Crippen molar-refractivity contribution in [3.8, 4) is 0 Å². The van der Waals surface area contributed by atoms with Crippen LogP contribution in [0.4, 0.5) is 0 Å². The second-order valence-electron chi connectivity index (χ2n) is 6.52. The van der Waals surface area contributed by atoms with Crippen LogP contribution >= 0.6 is 0 Å². The molecule has 1 aliphatic heterocycles. The van der Waals surface area contributed by atoms with Gasteiger partial charge in [-0.15, -0.1) is 0 Å². The molecule has 1 atom stereocenters. The van der Waals surface area contributed by atoms with Crippen molar-refractivity contribution in [1.29, 1.82) is 0 Å². The summed E-state index contributed by atoms with van der Waals surface area (Å²) in [5.41, 5.74) is 2.66. The quantitative estimate of drug-likeness (QED) is 0.731. The number of amides is 1. The molecule has 0 spiro atoms. The lowest BCUT2D eigenvalue weighted by molar-refractivity contribution is -0.132. The number of fused-ring (bicyclic) bond motifs is 1. The van der Waals surface area contributed by atoms with Crippen LogP contribution in [0.3, 0.4) is 0 Å². The summed E-state index contributed by atoms with van der Waals surface area (Å²) in [4.78, 5) is 23.4. The first-order valence-corrected chi connectivity index (χ1v) is 8.83. The van der Waals surface area contributed by atoms with E-state index in [1.807, 2.05) is 47.4 Å². The lowest BCUT2D eigenvalue weighted by Crippen LogP contribution is -2.39. The number of hydrogen-bond donors (Lipinski definition) is 0. The topological polar surface area (TPSA) is 59.2 Å². The molecule has 0 N–H and O–H groups in total. The molecular weight excluding hydrogens is 314 g/mol. The van der Waals surface area contributed by atoms with Gasteiger partial charge < -0.3 is 9.32 Å². The number of carbonyl (C=O) groups is 1. The van der Waals surface area contributed by atoms with E-state index in [2.05, 4.69) is 9.97 Å². The average molecular weight is 335 g/mol. The maximum absolute atomic E-state index is 12.6. The molecule has 0 radical (unpaired) electrons. The number of hydrogen-bond acceptors (Lipinski definition) is 4. The molecule has 3 aromatic rings. The Bertz CT molecular complexity index is 827. The third kappa shape index (κ3) is 3.55. The first kappa shape index (κ1) is 15.8. The highest BCUT2D eigenvalue weighted by Crippen LogP contribution is 2.29. The second-order valence-corrected chi connectivity index (χ2v) is 6.52. The number of rotatable bonds is 4. The average Bonchev–Trinajstić information content (AvgIpc) is 3.11. The van der Waals surface area contributed by atoms with Crippen LogP contribution in [-0.2, 0) is 11.2 Å². The smallest absolute Gasteiger partial charge is 0.222 e. The van der Waals surface area contributed by atoms with E-state index in [0.29, 0.717) is 19.4 Å². The van der Waals surface area contributed by atoms with Crippen molar-refractivity contribution < 1.29 is 9.21 Å². The molecule has 0 aliphatic carbocycles. The van der Waals surface area contributed by atoms with Crippen LogP contribution < -0.4 is 0 Å². The van der Waals surface area contributed by atoms with Crippen molar-refractivity contribution in [3.05, 3.63) is 60.2 Å². The van der Waals surface area contributed by atoms with Gasteiger partial charge in [0.2, 0.25) is 5.91 Å². The molecule has 128 valence electrons. The summed E-state index contributed by atoms with van der Waals surface area (Å²) in [6, 6.07) is 13.6. The molecule has 5 heteroatoms. The molecular formula is C20H21N3O2. The van der Waals surface area contributed by atoms with E-state index in [0.717, 1.165) is 42.1 Å². The molecule has 0 bridgehead atoms. The highest BCUT2D eigenvalue weighted by molar-refractivity contribution is 5.76. The van der Waals surface area contributed by atoms with Crippen molar-refractivity contribution in [2.75, 3.05) is 13.1 Å². The lowest BCUT2D eigenvalue weighted by Gasteiger charge is -2.31. The largest absolute Gasteiger partial charge is 0.440 e. The minimum absolute atomic E-state index is 0.181. The molecule has 4 rings (SSSR count). The molecule has 1 aliphatic rings. The van der Waals surface area contributed by atoms with E-state index >= 15 is 0 Å². The zero-order valence-corrected chi connectivity index (χ0v) is 14.1. The summed E-state index contributed by atoms with van der Waals surface area (Å²) in [7, 11) is 0. The van der Waals surface area contributed by atoms with Gasteiger partial charge in [-0.3, -0.25) is 9.78 Å². The summed E-state index contributed by atoms with van der Waals surface area (Å²) < 4.78 is 5.91. The number of likely N-dealkylation sites (tertiary alicyclic amines) is 1. The normalized spacial score (nSPS) is 17.8. The van der Waals surface area contributed by atoms with Crippen LogP contribution in [0.15, 0.2) is 53.1 Å². The summed E-state index contributed by atoms with van der Waals surface area (Å²) >= 11 is 0. The molecule has 3 heterocycles. The number of carbonyl (C=O) groups excluding carboxylic acids is 1. The molecule has 2 aromatic heterocycles. The number of aromatic nitrogens is 2. The summed E-state index contributed by atoms with van der Waals surface area (Å²) in [5.74, 6) is 1.12. The van der Waals surface area contributed by atoms with Gasteiger partial charge in [0.1, 0.15) is 5.52 Å². The van der Waals surface area contributed by atoms with E-state index < -0.39 is 0 Å². The Labute approximate surface area is 146 Å². The van der Waals surface area contributed by atoms with Crippen molar-refractivity contribution in [2.45, 2.75) is 31.6 Å². The fourth-order valence-electron chi connectivity index (χ4n) is 3.41.